The number of carbonyl (C=O) groups is 3. The van der Waals surface area contributed by atoms with Gasteiger partial charge in [0.2, 0.25) is 5.91 Å². The van der Waals surface area contributed by atoms with Crippen molar-refractivity contribution >= 4 is 17.7 Å². The van der Waals surface area contributed by atoms with Gasteiger partial charge in [-0.25, -0.2) is 0 Å². The average Bonchev–Trinajstić information content (AvgIpc) is 2.31. The molecule has 0 bridgehead atoms. The fourth-order valence-electron chi connectivity index (χ4n) is 1.78. The highest BCUT2D eigenvalue weighted by molar-refractivity contribution is 5.83. The number of carbonyl (C=O) groups excluding carboxylic acids is 3. The molecule has 1 amide bonds. The second-order valence-corrected chi connectivity index (χ2v) is 3.83. The Morgan fingerprint density at radius 2 is 2.07 bits per heavy atom. The zero-order chi connectivity index (χ0) is 11.6. The number of hydrogen-bond donors (Lipinski definition) is 0. The first kappa shape index (κ1) is 11.7. The Balaban J connectivity index is 2.72. The van der Waals surface area contributed by atoms with E-state index in [1.165, 1.54) is 18.7 Å². The predicted molar refractivity (Wildman–Crippen MR) is 52.0 cm³/mol. The predicted octanol–water partition coefficient (Wildman–Crippen LogP) is 0.128. The number of esters is 1. The molecule has 1 aliphatic heterocycles. The van der Waals surface area contributed by atoms with E-state index in [2.05, 4.69) is 0 Å². The van der Waals surface area contributed by atoms with Gasteiger partial charge in [0.1, 0.15) is 11.9 Å². The summed E-state index contributed by atoms with van der Waals surface area (Å²) in [4.78, 5) is 34.7. The van der Waals surface area contributed by atoms with Gasteiger partial charge < -0.3 is 9.64 Å². The smallest absolute Gasteiger partial charge is 0.302 e. The third-order valence-electron chi connectivity index (χ3n) is 2.51. The molecule has 0 unspecified atom stereocenters. The van der Waals surface area contributed by atoms with E-state index >= 15 is 0 Å². The summed E-state index contributed by atoms with van der Waals surface area (Å²) >= 11 is 0. The van der Waals surface area contributed by atoms with Gasteiger partial charge in [-0.1, -0.05) is 0 Å². The number of ether oxygens (including phenoxy) is 1. The summed E-state index contributed by atoms with van der Waals surface area (Å²) in [5.74, 6) is -0.525. The Morgan fingerprint density at radius 1 is 1.47 bits per heavy atom. The lowest BCUT2D eigenvalue weighted by molar-refractivity contribution is -0.148. The van der Waals surface area contributed by atoms with Crippen molar-refractivity contribution in [2.75, 3.05) is 7.05 Å². The maximum Gasteiger partial charge on any atom is 0.302 e. The molecule has 0 aliphatic carbocycles. The van der Waals surface area contributed by atoms with Crippen LogP contribution in [0.3, 0.4) is 0 Å². The third-order valence-corrected chi connectivity index (χ3v) is 2.51. The summed E-state index contributed by atoms with van der Waals surface area (Å²) in [5.41, 5.74) is 0. The van der Waals surface area contributed by atoms with Crippen molar-refractivity contribution in [2.24, 2.45) is 0 Å². The van der Waals surface area contributed by atoms with Gasteiger partial charge in [0.05, 0.1) is 12.5 Å². The minimum atomic E-state index is -0.483. The molecule has 0 aromatic heterocycles. The van der Waals surface area contributed by atoms with Crippen LogP contribution >= 0.6 is 0 Å². The standard InChI is InChI=1S/C10H15NO4/c1-6(12)4-8-9(15-7(2)13)5-10(14)11(8)3/h8-9H,4-5H2,1-3H3/t8-,9-/m0/s1. The van der Waals surface area contributed by atoms with Crippen molar-refractivity contribution in [3.05, 3.63) is 0 Å². The molecule has 2 atom stereocenters. The van der Waals surface area contributed by atoms with Crippen LogP contribution in [0.15, 0.2) is 0 Å². The molecule has 5 heteroatoms. The van der Waals surface area contributed by atoms with Crippen LogP contribution < -0.4 is 0 Å². The number of likely N-dealkylation sites (tertiary alicyclic amines) is 1. The molecule has 0 N–H and O–H groups in total. The number of amides is 1. The fourth-order valence-corrected chi connectivity index (χ4v) is 1.78. The number of hydrogen-bond acceptors (Lipinski definition) is 4. The monoisotopic (exact) mass is 213 g/mol. The van der Waals surface area contributed by atoms with Gasteiger partial charge in [0, 0.05) is 20.4 Å². The molecule has 84 valence electrons. The van der Waals surface area contributed by atoms with E-state index < -0.39 is 12.1 Å². The fraction of sp³-hybridized carbons (Fsp3) is 0.700. The Labute approximate surface area is 88.4 Å². The molecule has 1 aliphatic rings. The van der Waals surface area contributed by atoms with E-state index in [0.29, 0.717) is 0 Å². The van der Waals surface area contributed by atoms with Crippen LogP contribution in [-0.4, -0.2) is 41.8 Å². The minimum Gasteiger partial charge on any atom is -0.460 e. The van der Waals surface area contributed by atoms with Crippen molar-refractivity contribution < 1.29 is 19.1 Å². The first-order chi connectivity index (χ1) is 6.91. The molecule has 1 rings (SSSR count). The van der Waals surface area contributed by atoms with Crippen LogP contribution in [0.1, 0.15) is 26.7 Å². The molecular weight excluding hydrogens is 198 g/mol. The molecule has 1 fully saturated rings. The average molecular weight is 213 g/mol. The van der Waals surface area contributed by atoms with Crippen molar-refractivity contribution in [1.29, 1.82) is 0 Å². The molecule has 0 aromatic rings. The number of Topliss-reactive ketones (excluding diaryl/α,β-unsaturated/α-hetero) is 1. The molecule has 0 spiro atoms. The van der Waals surface area contributed by atoms with E-state index in [-0.39, 0.29) is 30.6 Å². The van der Waals surface area contributed by atoms with Gasteiger partial charge in [-0.05, 0) is 6.92 Å². The maximum atomic E-state index is 11.4. The van der Waals surface area contributed by atoms with E-state index in [4.69, 9.17) is 4.74 Å². The third kappa shape index (κ3) is 2.78. The highest BCUT2D eigenvalue weighted by Gasteiger charge is 2.40. The molecule has 1 heterocycles. The van der Waals surface area contributed by atoms with E-state index in [0.717, 1.165) is 0 Å². The zero-order valence-electron chi connectivity index (χ0n) is 9.15. The van der Waals surface area contributed by atoms with Gasteiger partial charge in [-0.2, -0.15) is 0 Å². The Morgan fingerprint density at radius 3 is 2.53 bits per heavy atom. The number of ketones is 1. The Kier molecular flexibility index (Phi) is 3.44. The normalized spacial score (nSPS) is 25.5. The van der Waals surface area contributed by atoms with Crippen LogP contribution in [0, 0.1) is 0 Å². The lowest BCUT2D eigenvalue weighted by atomic mass is 10.1. The van der Waals surface area contributed by atoms with Crippen LogP contribution in [0.25, 0.3) is 0 Å². The van der Waals surface area contributed by atoms with Crippen LogP contribution in [-0.2, 0) is 19.1 Å². The van der Waals surface area contributed by atoms with Gasteiger partial charge in [-0.3, -0.25) is 14.4 Å². The second kappa shape index (κ2) is 4.42. The zero-order valence-corrected chi connectivity index (χ0v) is 9.15. The van der Waals surface area contributed by atoms with Crippen molar-refractivity contribution in [3.8, 4) is 0 Å². The van der Waals surface area contributed by atoms with Crippen molar-refractivity contribution in [1.82, 2.24) is 4.90 Å². The number of rotatable bonds is 3. The van der Waals surface area contributed by atoms with Gasteiger partial charge in [0.25, 0.3) is 0 Å². The summed E-state index contributed by atoms with van der Waals surface area (Å²) in [7, 11) is 1.62. The molecule has 5 nitrogen and oxygen atoms in total. The molecule has 0 saturated carbocycles. The topological polar surface area (TPSA) is 63.7 Å². The van der Waals surface area contributed by atoms with Crippen LogP contribution in [0.2, 0.25) is 0 Å². The maximum absolute atomic E-state index is 11.4. The summed E-state index contributed by atoms with van der Waals surface area (Å²) < 4.78 is 5.01. The van der Waals surface area contributed by atoms with E-state index in [9.17, 15) is 14.4 Å². The SMILES string of the molecule is CC(=O)C[C@H]1[C@@H](OC(C)=O)CC(=O)N1C. The van der Waals surface area contributed by atoms with Gasteiger partial charge in [-0.15, -0.1) is 0 Å². The Bertz CT molecular complexity index is 298. The van der Waals surface area contributed by atoms with Crippen molar-refractivity contribution in [2.45, 2.75) is 38.8 Å². The molecule has 0 aromatic carbocycles. The lowest BCUT2D eigenvalue weighted by Crippen LogP contribution is -2.37. The highest BCUT2D eigenvalue weighted by atomic mass is 16.5. The first-order valence-electron chi connectivity index (χ1n) is 4.84. The lowest BCUT2D eigenvalue weighted by Gasteiger charge is -2.23. The number of nitrogens with zero attached hydrogens (tertiary/aromatic N) is 1. The minimum absolute atomic E-state index is 0.0151. The van der Waals surface area contributed by atoms with E-state index in [1.54, 1.807) is 7.05 Å². The van der Waals surface area contributed by atoms with Crippen LogP contribution in [0.5, 0.6) is 0 Å². The molecule has 15 heavy (non-hydrogen) atoms. The second-order valence-electron chi connectivity index (χ2n) is 3.83. The summed E-state index contributed by atoms with van der Waals surface area (Å²) in [5, 5.41) is 0. The van der Waals surface area contributed by atoms with E-state index in [1.807, 2.05) is 0 Å². The highest BCUT2D eigenvalue weighted by Crippen LogP contribution is 2.23. The largest absolute Gasteiger partial charge is 0.460 e. The van der Waals surface area contributed by atoms with Crippen molar-refractivity contribution in [3.63, 3.8) is 0 Å². The first-order valence-corrected chi connectivity index (χ1v) is 4.84. The number of likely N-dealkylation sites (N-methyl/N-ethyl adjacent to an activating group) is 1. The van der Waals surface area contributed by atoms with Gasteiger partial charge >= 0.3 is 5.97 Å². The molecule has 0 radical (unpaired) electrons. The molecular formula is C10H15NO4. The van der Waals surface area contributed by atoms with Gasteiger partial charge in [0.15, 0.2) is 0 Å². The molecule has 1 saturated heterocycles. The van der Waals surface area contributed by atoms with Crippen LogP contribution in [0.4, 0.5) is 0 Å². The quantitative estimate of drug-likeness (QED) is 0.625. The summed E-state index contributed by atoms with van der Waals surface area (Å²) in [6.07, 6.45) is -0.0716. The summed E-state index contributed by atoms with van der Waals surface area (Å²) in [6, 6.07) is -0.307. The summed E-state index contributed by atoms with van der Waals surface area (Å²) in [6.45, 7) is 2.76. The Hall–Kier alpha value is -1.39.